The van der Waals surface area contributed by atoms with Gasteiger partial charge in [0.15, 0.2) is 0 Å². The molecule has 0 aromatic carbocycles. The van der Waals surface area contributed by atoms with Crippen LogP contribution in [0.4, 0.5) is 0 Å². The van der Waals surface area contributed by atoms with Gasteiger partial charge in [0.2, 0.25) is 0 Å². The molecule has 1 aromatic heterocycles. The van der Waals surface area contributed by atoms with Crippen molar-refractivity contribution < 1.29 is 19.8 Å². The molecule has 1 aliphatic rings. The van der Waals surface area contributed by atoms with Crippen LogP contribution in [0.15, 0.2) is 12.1 Å². The van der Waals surface area contributed by atoms with E-state index >= 15 is 0 Å². The van der Waals surface area contributed by atoms with Crippen LogP contribution in [0.5, 0.6) is 0 Å². The van der Waals surface area contributed by atoms with Gasteiger partial charge in [-0.25, -0.2) is 0 Å². The minimum atomic E-state index is -1.13. The maximum absolute atomic E-state index is 12.1. The van der Waals surface area contributed by atoms with Gasteiger partial charge < -0.3 is 10.2 Å². The second kappa shape index (κ2) is 9.26. The average Bonchev–Trinajstić information content (AvgIpc) is 3.14. The monoisotopic (exact) mass is 361 g/mol. The topological polar surface area (TPSA) is 87.5 Å². The summed E-state index contributed by atoms with van der Waals surface area (Å²) in [6.07, 6.45) is 6.28. The number of aryl methyl sites for hydroxylation is 3. The van der Waals surface area contributed by atoms with Crippen LogP contribution in [0.2, 0.25) is 0 Å². The van der Waals surface area contributed by atoms with Gasteiger partial charge in [-0.15, -0.1) is 0 Å². The van der Waals surface area contributed by atoms with Crippen molar-refractivity contribution in [3.05, 3.63) is 29.1 Å². The molecule has 0 radical (unpaired) electrons. The van der Waals surface area contributed by atoms with E-state index in [1.807, 2.05) is 0 Å². The van der Waals surface area contributed by atoms with Crippen LogP contribution in [-0.4, -0.2) is 32.6 Å². The van der Waals surface area contributed by atoms with Gasteiger partial charge in [-0.1, -0.05) is 26.7 Å². The van der Waals surface area contributed by atoms with E-state index in [1.165, 1.54) is 0 Å². The SMILES string of the molecule is CCc1cc(CCC(O)(CC(=O)CC(=O)O)C2CCCC2)cc(CC)n1. The molecular formula is C21H31NO4. The molecule has 5 heteroatoms. The molecular weight excluding hydrogens is 330 g/mol. The first kappa shape index (κ1) is 20.6. The van der Waals surface area contributed by atoms with Gasteiger partial charge in [-0.05, 0) is 62.1 Å². The fourth-order valence-electron chi connectivity index (χ4n) is 4.06. The number of pyridine rings is 1. The smallest absolute Gasteiger partial charge is 0.310 e. The number of carboxylic acids is 1. The standard InChI is InChI=1S/C21H31NO4/c1-3-17-11-15(12-18(4-2)22-17)9-10-21(26,16-7-5-6-8-16)14-19(23)13-20(24)25/h11-12,16,26H,3-10,13-14H2,1-2H3,(H,24,25). The summed E-state index contributed by atoms with van der Waals surface area (Å²) in [5.74, 6) is -1.43. The van der Waals surface area contributed by atoms with E-state index in [-0.39, 0.29) is 18.1 Å². The predicted octanol–water partition coefficient (Wildman–Crippen LogP) is 3.49. The van der Waals surface area contributed by atoms with E-state index in [9.17, 15) is 14.7 Å². The summed E-state index contributed by atoms with van der Waals surface area (Å²) in [7, 11) is 0. The Hall–Kier alpha value is -1.75. The van der Waals surface area contributed by atoms with Crippen molar-refractivity contribution in [2.45, 2.75) is 83.7 Å². The fraction of sp³-hybridized carbons (Fsp3) is 0.667. The lowest BCUT2D eigenvalue weighted by Crippen LogP contribution is -2.40. The van der Waals surface area contributed by atoms with Gasteiger partial charge in [0.05, 0.1) is 5.60 Å². The lowest BCUT2D eigenvalue weighted by molar-refractivity contribution is -0.142. The number of carboxylic acid groups (broad SMARTS) is 1. The summed E-state index contributed by atoms with van der Waals surface area (Å²) in [6.45, 7) is 4.15. The zero-order valence-electron chi connectivity index (χ0n) is 16.0. The number of aliphatic carboxylic acids is 1. The molecule has 1 unspecified atom stereocenters. The zero-order valence-corrected chi connectivity index (χ0v) is 16.0. The normalized spacial score (nSPS) is 17.2. The van der Waals surface area contributed by atoms with E-state index in [0.717, 1.165) is 55.5 Å². The molecule has 1 aromatic rings. The number of carbonyl (C=O) groups is 2. The summed E-state index contributed by atoms with van der Waals surface area (Å²) in [6, 6.07) is 4.15. The highest BCUT2D eigenvalue weighted by atomic mass is 16.4. The van der Waals surface area contributed by atoms with Crippen LogP contribution in [-0.2, 0) is 28.9 Å². The molecule has 1 heterocycles. The van der Waals surface area contributed by atoms with Gasteiger partial charge in [-0.3, -0.25) is 14.6 Å². The van der Waals surface area contributed by atoms with Crippen molar-refractivity contribution in [3.8, 4) is 0 Å². The van der Waals surface area contributed by atoms with E-state index in [4.69, 9.17) is 5.11 Å². The number of carbonyl (C=O) groups excluding carboxylic acids is 1. The van der Waals surface area contributed by atoms with Gasteiger partial charge in [-0.2, -0.15) is 0 Å². The molecule has 0 spiro atoms. The van der Waals surface area contributed by atoms with Crippen LogP contribution in [0.1, 0.15) is 75.7 Å². The number of Topliss-reactive ketones (excluding diaryl/α,β-unsaturated/α-hetero) is 1. The number of rotatable bonds is 10. The largest absolute Gasteiger partial charge is 0.481 e. The van der Waals surface area contributed by atoms with Crippen molar-refractivity contribution in [3.63, 3.8) is 0 Å². The first-order valence-corrected chi connectivity index (χ1v) is 9.81. The summed E-state index contributed by atoms with van der Waals surface area (Å²) in [4.78, 5) is 27.5. The minimum absolute atomic E-state index is 0.0592. The van der Waals surface area contributed by atoms with E-state index < -0.39 is 18.0 Å². The van der Waals surface area contributed by atoms with Gasteiger partial charge in [0.25, 0.3) is 0 Å². The van der Waals surface area contributed by atoms with Crippen molar-refractivity contribution >= 4 is 11.8 Å². The summed E-state index contributed by atoms with van der Waals surface area (Å²) in [5, 5.41) is 20.1. The molecule has 1 fully saturated rings. The molecule has 1 aliphatic carbocycles. The Bertz CT molecular complexity index is 615. The number of hydrogen-bond donors (Lipinski definition) is 2. The Labute approximate surface area is 155 Å². The number of aromatic nitrogens is 1. The third kappa shape index (κ3) is 5.63. The molecule has 0 bridgehead atoms. The number of aliphatic hydroxyl groups is 1. The molecule has 1 atom stereocenters. The molecule has 26 heavy (non-hydrogen) atoms. The summed E-state index contributed by atoms with van der Waals surface area (Å²) >= 11 is 0. The molecule has 0 amide bonds. The van der Waals surface area contributed by atoms with E-state index in [0.29, 0.717) is 12.8 Å². The van der Waals surface area contributed by atoms with Crippen molar-refractivity contribution in [1.82, 2.24) is 4.98 Å². The van der Waals surface area contributed by atoms with Gasteiger partial charge in [0, 0.05) is 17.8 Å². The second-order valence-electron chi connectivity index (χ2n) is 7.54. The Kier molecular flexibility index (Phi) is 7.33. The van der Waals surface area contributed by atoms with E-state index in [1.54, 1.807) is 0 Å². The van der Waals surface area contributed by atoms with Crippen LogP contribution >= 0.6 is 0 Å². The third-order valence-corrected chi connectivity index (χ3v) is 5.53. The first-order chi connectivity index (χ1) is 12.4. The zero-order chi connectivity index (χ0) is 19.2. The maximum atomic E-state index is 12.1. The lowest BCUT2D eigenvalue weighted by Gasteiger charge is -2.34. The third-order valence-electron chi connectivity index (χ3n) is 5.53. The number of ketones is 1. The Morgan fingerprint density at radius 1 is 1.15 bits per heavy atom. The highest BCUT2D eigenvalue weighted by molar-refractivity contribution is 5.95. The van der Waals surface area contributed by atoms with Crippen molar-refractivity contribution in [2.75, 3.05) is 0 Å². The summed E-state index contributed by atoms with van der Waals surface area (Å²) < 4.78 is 0. The highest BCUT2D eigenvalue weighted by Crippen LogP contribution is 2.39. The van der Waals surface area contributed by atoms with E-state index in [2.05, 4.69) is 31.0 Å². The molecule has 1 saturated carbocycles. The molecule has 5 nitrogen and oxygen atoms in total. The molecule has 2 N–H and O–H groups in total. The summed E-state index contributed by atoms with van der Waals surface area (Å²) in [5.41, 5.74) is 2.12. The predicted molar refractivity (Wildman–Crippen MR) is 100 cm³/mol. The minimum Gasteiger partial charge on any atom is -0.481 e. The maximum Gasteiger partial charge on any atom is 0.310 e. The lowest BCUT2D eigenvalue weighted by atomic mass is 9.77. The van der Waals surface area contributed by atoms with Crippen LogP contribution in [0.3, 0.4) is 0 Å². The number of nitrogens with zero attached hydrogens (tertiary/aromatic N) is 1. The average molecular weight is 361 g/mol. The van der Waals surface area contributed by atoms with Crippen molar-refractivity contribution in [1.29, 1.82) is 0 Å². The molecule has 2 rings (SSSR count). The van der Waals surface area contributed by atoms with Crippen LogP contribution < -0.4 is 0 Å². The number of hydrogen-bond acceptors (Lipinski definition) is 4. The van der Waals surface area contributed by atoms with Crippen LogP contribution in [0.25, 0.3) is 0 Å². The van der Waals surface area contributed by atoms with Gasteiger partial charge in [0.1, 0.15) is 12.2 Å². The molecule has 0 aliphatic heterocycles. The first-order valence-electron chi connectivity index (χ1n) is 9.81. The highest BCUT2D eigenvalue weighted by Gasteiger charge is 2.39. The van der Waals surface area contributed by atoms with Crippen LogP contribution in [0, 0.1) is 5.92 Å². The molecule has 144 valence electrons. The quantitative estimate of drug-likeness (QED) is 0.623. The molecule has 0 saturated heterocycles. The van der Waals surface area contributed by atoms with Crippen molar-refractivity contribution in [2.24, 2.45) is 5.92 Å². The Morgan fingerprint density at radius 3 is 2.23 bits per heavy atom. The fourth-order valence-corrected chi connectivity index (χ4v) is 4.06. The Morgan fingerprint density at radius 2 is 1.73 bits per heavy atom. The van der Waals surface area contributed by atoms with Gasteiger partial charge >= 0.3 is 5.97 Å². The Balaban J connectivity index is 2.13. The second-order valence-corrected chi connectivity index (χ2v) is 7.54.